The van der Waals surface area contributed by atoms with Crippen molar-refractivity contribution in [2.24, 2.45) is 0 Å². The molecule has 0 spiro atoms. The van der Waals surface area contributed by atoms with Crippen molar-refractivity contribution >= 4 is 24.6 Å². The lowest BCUT2D eigenvalue weighted by atomic mass is 10.2. The van der Waals surface area contributed by atoms with Crippen molar-refractivity contribution in [3.8, 4) is 0 Å². The van der Waals surface area contributed by atoms with Crippen LogP contribution in [0.3, 0.4) is 0 Å². The third-order valence-electron chi connectivity index (χ3n) is 3.05. The van der Waals surface area contributed by atoms with Crippen LogP contribution in [0.2, 0.25) is 0 Å². The molecule has 0 N–H and O–H groups in total. The number of benzene rings is 2. The monoisotopic (exact) mass is 299 g/mol. The molecule has 0 heterocycles. The van der Waals surface area contributed by atoms with Crippen molar-refractivity contribution in [3.63, 3.8) is 0 Å². The van der Waals surface area contributed by atoms with Gasteiger partial charge in [-0.15, -0.1) is 12.4 Å². The Labute approximate surface area is 134 Å². The summed E-state index contributed by atoms with van der Waals surface area (Å²) in [6.07, 6.45) is 8.73. The zero-order valence-electron chi connectivity index (χ0n) is 12.4. The first-order chi connectivity index (χ1) is 9.84. The van der Waals surface area contributed by atoms with Gasteiger partial charge in [0.2, 0.25) is 0 Å². The van der Waals surface area contributed by atoms with E-state index >= 15 is 0 Å². The SMILES string of the molecule is CN(CC=Cc1ccccc1)CC=Cc1ccccc1.Cl. The van der Waals surface area contributed by atoms with Crippen molar-refractivity contribution < 1.29 is 0 Å². The lowest BCUT2D eigenvalue weighted by molar-refractivity contribution is 0.414. The molecule has 0 aliphatic rings. The van der Waals surface area contributed by atoms with E-state index in [9.17, 15) is 0 Å². The number of likely N-dealkylation sites (N-methyl/N-ethyl adjacent to an activating group) is 1. The Hall–Kier alpha value is -1.83. The van der Waals surface area contributed by atoms with Crippen molar-refractivity contribution in [2.75, 3.05) is 20.1 Å². The van der Waals surface area contributed by atoms with E-state index in [1.54, 1.807) is 0 Å². The van der Waals surface area contributed by atoms with Crippen molar-refractivity contribution in [3.05, 3.63) is 83.9 Å². The highest BCUT2D eigenvalue weighted by Gasteiger charge is 1.91. The molecule has 0 saturated carbocycles. The zero-order valence-corrected chi connectivity index (χ0v) is 13.2. The summed E-state index contributed by atoms with van der Waals surface area (Å²) in [7, 11) is 2.13. The molecule has 0 unspecified atom stereocenters. The Kier molecular flexibility index (Phi) is 8.18. The van der Waals surface area contributed by atoms with Crippen LogP contribution in [-0.2, 0) is 0 Å². The Morgan fingerprint density at radius 2 is 1.10 bits per heavy atom. The average molecular weight is 300 g/mol. The summed E-state index contributed by atoms with van der Waals surface area (Å²) in [5.74, 6) is 0. The summed E-state index contributed by atoms with van der Waals surface area (Å²) in [6.45, 7) is 1.90. The highest BCUT2D eigenvalue weighted by Crippen LogP contribution is 2.02. The molecular weight excluding hydrogens is 278 g/mol. The normalized spacial score (nSPS) is 11.1. The predicted molar refractivity (Wildman–Crippen MR) is 95.7 cm³/mol. The molecule has 2 heteroatoms. The van der Waals surface area contributed by atoms with Gasteiger partial charge in [-0.3, -0.25) is 4.90 Å². The predicted octanol–water partition coefficient (Wildman–Crippen LogP) is 4.77. The molecule has 1 nitrogen and oxygen atoms in total. The molecule has 0 bridgehead atoms. The minimum absolute atomic E-state index is 0. The second kappa shape index (κ2) is 9.98. The van der Waals surface area contributed by atoms with Gasteiger partial charge in [0.05, 0.1) is 0 Å². The third kappa shape index (κ3) is 6.94. The molecule has 0 radical (unpaired) electrons. The van der Waals surface area contributed by atoms with E-state index in [1.807, 2.05) is 12.1 Å². The van der Waals surface area contributed by atoms with Crippen molar-refractivity contribution in [1.82, 2.24) is 4.90 Å². The molecule has 110 valence electrons. The standard InChI is InChI=1S/C19H21N.ClH/c1-20(16-8-14-18-10-4-2-5-11-18)17-9-15-19-12-6-3-7-13-19;/h2-15H,16-17H2,1H3;1H. The van der Waals surface area contributed by atoms with E-state index in [4.69, 9.17) is 0 Å². The van der Waals surface area contributed by atoms with Crippen LogP contribution in [0.4, 0.5) is 0 Å². The molecule has 0 aliphatic heterocycles. The van der Waals surface area contributed by atoms with Crippen LogP contribution in [0.15, 0.2) is 72.8 Å². The van der Waals surface area contributed by atoms with Gasteiger partial charge in [-0.1, -0.05) is 85.0 Å². The molecule has 0 fully saturated rings. The molecule has 0 aromatic heterocycles. The quantitative estimate of drug-likeness (QED) is 0.743. The van der Waals surface area contributed by atoms with Gasteiger partial charge in [0.15, 0.2) is 0 Å². The van der Waals surface area contributed by atoms with Gasteiger partial charge >= 0.3 is 0 Å². The topological polar surface area (TPSA) is 3.24 Å². The van der Waals surface area contributed by atoms with Gasteiger partial charge in [-0.05, 0) is 18.2 Å². The minimum atomic E-state index is 0. The van der Waals surface area contributed by atoms with Gasteiger partial charge in [0.1, 0.15) is 0 Å². The molecule has 0 saturated heterocycles. The third-order valence-corrected chi connectivity index (χ3v) is 3.05. The largest absolute Gasteiger partial charge is 0.299 e. The van der Waals surface area contributed by atoms with Gasteiger partial charge in [-0.2, -0.15) is 0 Å². The maximum atomic E-state index is 2.28. The number of hydrogen-bond donors (Lipinski definition) is 0. The van der Waals surface area contributed by atoms with Crippen molar-refractivity contribution in [1.29, 1.82) is 0 Å². The van der Waals surface area contributed by atoms with Crippen LogP contribution >= 0.6 is 12.4 Å². The lowest BCUT2D eigenvalue weighted by Crippen LogP contribution is -2.17. The maximum absolute atomic E-state index is 2.28. The molecule has 21 heavy (non-hydrogen) atoms. The van der Waals surface area contributed by atoms with E-state index in [-0.39, 0.29) is 12.4 Å². The van der Waals surface area contributed by atoms with E-state index in [1.165, 1.54) is 11.1 Å². The van der Waals surface area contributed by atoms with Crippen LogP contribution in [0.5, 0.6) is 0 Å². The first-order valence-corrected chi connectivity index (χ1v) is 6.96. The van der Waals surface area contributed by atoms with E-state index in [0.29, 0.717) is 0 Å². The Morgan fingerprint density at radius 1 is 0.714 bits per heavy atom. The molecule has 2 aromatic carbocycles. The van der Waals surface area contributed by atoms with Crippen LogP contribution in [0.25, 0.3) is 12.2 Å². The number of nitrogens with zero attached hydrogens (tertiary/aromatic N) is 1. The summed E-state index contributed by atoms with van der Waals surface area (Å²) in [5, 5.41) is 0. The molecule has 0 amide bonds. The fourth-order valence-electron chi connectivity index (χ4n) is 1.94. The Morgan fingerprint density at radius 3 is 1.48 bits per heavy atom. The van der Waals surface area contributed by atoms with Crippen LogP contribution in [0, 0.1) is 0 Å². The van der Waals surface area contributed by atoms with E-state index in [0.717, 1.165) is 13.1 Å². The number of halogens is 1. The van der Waals surface area contributed by atoms with Crippen molar-refractivity contribution in [2.45, 2.75) is 0 Å². The van der Waals surface area contributed by atoms with Crippen LogP contribution in [0.1, 0.15) is 11.1 Å². The molecule has 0 atom stereocenters. The second-order valence-corrected chi connectivity index (χ2v) is 4.85. The lowest BCUT2D eigenvalue weighted by Gasteiger charge is -2.10. The zero-order chi connectivity index (χ0) is 14.0. The van der Waals surface area contributed by atoms with E-state index in [2.05, 4.69) is 84.8 Å². The number of rotatable bonds is 6. The summed E-state index contributed by atoms with van der Waals surface area (Å²) in [6, 6.07) is 20.8. The van der Waals surface area contributed by atoms with Crippen LogP contribution in [-0.4, -0.2) is 25.0 Å². The summed E-state index contributed by atoms with van der Waals surface area (Å²) >= 11 is 0. The second-order valence-electron chi connectivity index (χ2n) is 4.85. The highest BCUT2D eigenvalue weighted by molar-refractivity contribution is 5.85. The fourth-order valence-corrected chi connectivity index (χ4v) is 1.94. The van der Waals surface area contributed by atoms with Gasteiger partial charge in [0, 0.05) is 13.1 Å². The first-order valence-electron chi connectivity index (χ1n) is 6.96. The minimum Gasteiger partial charge on any atom is -0.299 e. The van der Waals surface area contributed by atoms with Gasteiger partial charge in [-0.25, -0.2) is 0 Å². The maximum Gasteiger partial charge on any atom is 0.0166 e. The molecule has 0 aliphatic carbocycles. The number of hydrogen-bond acceptors (Lipinski definition) is 1. The smallest absolute Gasteiger partial charge is 0.0166 e. The van der Waals surface area contributed by atoms with E-state index < -0.39 is 0 Å². The van der Waals surface area contributed by atoms with Gasteiger partial charge in [0.25, 0.3) is 0 Å². The Bertz CT molecular complexity index is 495. The molecular formula is C19H22ClN. The summed E-state index contributed by atoms with van der Waals surface area (Å²) < 4.78 is 0. The van der Waals surface area contributed by atoms with Gasteiger partial charge < -0.3 is 0 Å². The highest BCUT2D eigenvalue weighted by atomic mass is 35.5. The molecule has 2 rings (SSSR count). The van der Waals surface area contributed by atoms with Crippen LogP contribution < -0.4 is 0 Å². The average Bonchev–Trinajstić information content (AvgIpc) is 2.49. The summed E-state index contributed by atoms with van der Waals surface area (Å²) in [4.78, 5) is 2.28. The molecule has 2 aromatic rings. The summed E-state index contributed by atoms with van der Waals surface area (Å²) in [5.41, 5.74) is 2.50. The first kappa shape index (κ1) is 17.2. The Balaban J connectivity index is 0.00000220. The fraction of sp³-hybridized carbons (Fsp3) is 0.158.